The maximum atomic E-state index is 14.3. The molecular weight excluding hydrogens is 661 g/mol. The van der Waals surface area contributed by atoms with E-state index in [9.17, 15) is 19.2 Å². The molecule has 0 spiro atoms. The van der Waals surface area contributed by atoms with Crippen molar-refractivity contribution in [3.8, 4) is 0 Å². The van der Waals surface area contributed by atoms with Crippen LogP contribution in [0, 0.1) is 17.8 Å². The highest BCUT2D eigenvalue weighted by Gasteiger charge is 2.43. The molecule has 276 valence electrons. The standard InChI is InChI=1S/C41H56N4O5S/c1-9-28(4)32(24-37(47)41(6)21-16-22-44(41)7)40(49)45(8)35(27(2)3)25-36(50-29(5)46)39-43-34(26-51-39)38(48)42-33(31-19-14-11-15-20-31)23-30-17-12-10-13-18-30/h10-15,17-20,26-28,32-33,35-36H,9,16,21-25H2,1-8H3,(H,42,48)/t28-,32-,33?,35+,36+,41+/m0/s1. The normalized spacial score (nSPS) is 19.2. The van der Waals surface area contributed by atoms with Crippen LogP contribution in [-0.4, -0.2) is 70.6 Å². The number of rotatable bonds is 17. The van der Waals surface area contributed by atoms with Crippen LogP contribution in [0.1, 0.15) is 112 Å². The molecule has 1 N–H and O–H groups in total. The highest BCUT2D eigenvalue weighted by atomic mass is 32.1. The summed E-state index contributed by atoms with van der Waals surface area (Å²) in [5.74, 6) is -1.20. The highest BCUT2D eigenvalue weighted by molar-refractivity contribution is 7.09. The zero-order chi connectivity index (χ0) is 37.3. The minimum Gasteiger partial charge on any atom is -0.455 e. The average Bonchev–Trinajstić information content (AvgIpc) is 3.75. The Balaban J connectivity index is 1.54. The van der Waals surface area contributed by atoms with Gasteiger partial charge < -0.3 is 15.0 Å². The number of carbonyl (C=O) groups is 4. The zero-order valence-electron chi connectivity index (χ0n) is 31.6. The molecule has 1 fully saturated rings. The summed E-state index contributed by atoms with van der Waals surface area (Å²) >= 11 is 1.26. The third-order valence-electron chi connectivity index (χ3n) is 10.9. The van der Waals surface area contributed by atoms with Crippen molar-refractivity contribution >= 4 is 34.9 Å². The smallest absolute Gasteiger partial charge is 0.303 e. The first kappa shape index (κ1) is 39.9. The largest absolute Gasteiger partial charge is 0.455 e. The number of aromatic nitrogens is 1. The molecule has 3 aromatic rings. The summed E-state index contributed by atoms with van der Waals surface area (Å²) in [7, 11) is 3.78. The van der Waals surface area contributed by atoms with Crippen LogP contribution < -0.4 is 5.32 Å². The van der Waals surface area contributed by atoms with Crippen molar-refractivity contribution in [3.63, 3.8) is 0 Å². The van der Waals surface area contributed by atoms with E-state index in [-0.39, 0.29) is 53.6 Å². The van der Waals surface area contributed by atoms with Gasteiger partial charge in [0.15, 0.2) is 11.9 Å². The van der Waals surface area contributed by atoms with Crippen LogP contribution in [0.5, 0.6) is 0 Å². The first-order chi connectivity index (χ1) is 24.2. The predicted molar refractivity (Wildman–Crippen MR) is 202 cm³/mol. The molecule has 1 aliphatic rings. The zero-order valence-corrected chi connectivity index (χ0v) is 32.4. The fourth-order valence-corrected chi connectivity index (χ4v) is 8.01. The van der Waals surface area contributed by atoms with Crippen molar-refractivity contribution in [2.75, 3.05) is 20.6 Å². The number of likely N-dealkylation sites (N-methyl/N-ethyl adjacent to an activating group) is 1. The van der Waals surface area contributed by atoms with E-state index in [2.05, 4.69) is 22.1 Å². The molecule has 1 aliphatic heterocycles. The summed E-state index contributed by atoms with van der Waals surface area (Å²) in [6, 6.07) is 19.3. The van der Waals surface area contributed by atoms with Gasteiger partial charge in [0, 0.05) is 44.2 Å². The van der Waals surface area contributed by atoms with Gasteiger partial charge in [0.25, 0.3) is 5.91 Å². The maximum absolute atomic E-state index is 14.3. The third kappa shape index (κ3) is 10.1. The summed E-state index contributed by atoms with van der Waals surface area (Å²) in [5, 5.41) is 5.35. The third-order valence-corrected chi connectivity index (χ3v) is 11.8. The maximum Gasteiger partial charge on any atom is 0.303 e. The van der Waals surface area contributed by atoms with E-state index in [4.69, 9.17) is 4.74 Å². The van der Waals surface area contributed by atoms with E-state index in [1.807, 2.05) is 95.4 Å². The lowest BCUT2D eigenvalue weighted by molar-refractivity contribution is -0.149. The molecule has 1 unspecified atom stereocenters. The van der Waals surface area contributed by atoms with E-state index in [0.29, 0.717) is 17.8 Å². The van der Waals surface area contributed by atoms with Crippen LogP contribution in [0.15, 0.2) is 66.0 Å². The van der Waals surface area contributed by atoms with Crippen LogP contribution in [0.25, 0.3) is 0 Å². The molecule has 0 bridgehead atoms. The summed E-state index contributed by atoms with van der Waals surface area (Å²) in [4.78, 5) is 62.6. The molecule has 2 amide bonds. The van der Waals surface area contributed by atoms with Gasteiger partial charge in [0.05, 0.1) is 11.6 Å². The Hall–Kier alpha value is -3.89. The SMILES string of the molecule is CC[C@H](C)[C@H](CC(=O)[C@@]1(C)CCCN1C)C(=O)N(C)[C@H](C[C@@H](OC(C)=O)c1nc(C(=O)NC(Cc2ccccc2)c2ccccc2)cs1)C(C)C. The number of carbonyl (C=O) groups excluding carboxylic acids is 4. The number of hydrogen-bond acceptors (Lipinski definition) is 8. The Bertz CT molecular complexity index is 1610. The summed E-state index contributed by atoms with van der Waals surface area (Å²) in [6.45, 7) is 12.4. The van der Waals surface area contributed by atoms with Crippen molar-refractivity contribution in [3.05, 3.63) is 87.9 Å². The molecule has 1 aromatic heterocycles. The van der Waals surface area contributed by atoms with Crippen molar-refractivity contribution < 1.29 is 23.9 Å². The van der Waals surface area contributed by atoms with Crippen molar-refractivity contribution in [2.45, 2.75) is 104 Å². The van der Waals surface area contributed by atoms with Gasteiger partial charge in [-0.25, -0.2) is 4.98 Å². The van der Waals surface area contributed by atoms with Crippen LogP contribution >= 0.6 is 11.3 Å². The molecule has 10 heteroatoms. The predicted octanol–water partition coefficient (Wildman–Crippen LogP) is 7.44. The fourth-order valence-electron chi connectivity index (χ4n) is 7.17. The van der Waals surface area contributed by atoms with Gasteiger partial charge >= 0.3 is 5.97 Å². The number of benzene rings is 2. The highest BCUT2D eigenvalue weighted by Crippen LogP contribution is 2.35. The quantitative estimate of drug-likeness (QED) is 0.145. The van der Waals surface area contributed by atoms with Gasteiger partial charge in [-0.2, -0.15) is 0 Å². The van der Waals surface area contributed by atoms with E-state index >= 15 is 0 Å². The molecule has 0 saturated carbocycles. The molecule has 4 rings (SSSR count). The number of amides is 2. The summed E-state index contributed by atoms with van der Waals surface area (Å²) in [5.41, 5.74) is 1.77. The van der Waals surface area contributed by atoms with E-state index in [0.717, 1.165) is 36.9 Å². The number of thiazole rings is 1. The number of esters is 1. The Morgan fingerprint density at radius 1 is 1.04 bits per heavy atom. The molecule has 1 saturated heterocycles. The van der Waals surface area contributed by atoms with E-state index < -0.39 is 23.5 Å². The number of hydrogen-bond donors (Lipinski definition) is 1. The Kier molecular flexibility index (Phi) is 14.1. The number of Topliss-reactive ketones (excluding diaryl/α,β-unsaturated/α-hetero) is 1. The second-order valence-corrected chi connectivity index (χ2v) is 15.6. The molecule has 51 heavy (non-hydrogen) atoms. The molecular formula is C41H56N4O5S. The number of nitrogens with one attached hydrogen (secondary N) is 1. The van der Waals surface area contributed by atoms with Gasteiger partial charge in [-0.1, -0.05) is 94.8 Å². The first-order valence-corrected chi connectivity index (χ1v) is 19.2. The van der Waals surface area contributed by atoms with Crippen LogP contribution in [0.3, 0.4) is 0 Å². The van der Waals surface area contributed by atoms with Crippen LogP contribution in [0.4, 0.5) is 0 Å². The summed E-state index contributed by atoms with van der Waals surface area (Å²) < 4.78 is 5.84. The van der Waals surface area contributed by atoms with Crippen molar-refractivity contribution in [1.82, 2.24) is 20.1 Å². The van der Waals surface area contributed by atoms with Crippen LogP contribution in [0.2, 0.25) is 0 Å². The van der Waals surface area contributed by atoms with Gasteiger partial charge in [0.2, 0.25) is 5.91 Å². The Labute approximate surface area is 308 Å². The molecule has 0 radical (unpaired) electrons. The minimum atomic E-state index is -0.763. The van der Waals surface area contributed by atoms with E-state index in [1.165, 1.54) is 18.3 Å². The lowest BCUT2D eigenvalue weighted by Gasteiger charge is -2.38. The van der Waals surface area contributed by atoms with Crippen molar-refractivity contribution in [1.29, 1.82) is 0 Å². The Morgan fingerprint density at radius 2 is 1.69 bits per heavy atom. The number of ketones is 1. The second-order valence-electron chi connectivity index (χ2n) is 14.7. The first-order valence-electron chi connectivity index (χ1n) is 18.3. The molecule has 6 atom stereocenters. The molecule has 2 heterocycles. The lowest BCUT2D eigenvalue weighted by atomic mass is 9.80. The van der Waals surface area contributed by atoms with Gasteiger partial charge in [0.1, 0.15) is 10.7 Å². The van der Waals surface area contributed by atoms with E-state index in [1.54, 1.807) is 17.3 Å². The number of likely N-dealkylation sites (tertiary alicyclic amines) is 1. The number of nitrogens with zero attached hydrogens (tertiary/aromatic N) is 3. The minimum absolute atomic E-state index is 0.0103. The fraction of sp³-hybridized carbons (Fsp3) is 0.537. The van der Waals surface area contributed by atoms with Gasteiger partial charge in [-0.3, -0.25) is 24.1 Å². The molecule has 2 aromatic carbocycles. The molecule has 0 aliphatic carbocycles. The number of ether oxygens (including phenoxy) is 1. The van der Waals surface area contributed by atoms with Crippen molar-refractivity contribution in [2.24, 2.45) is 17.8 Å². The lowest BCUT2D eigenvalue weighted by Crippen LogP contribution is -2.50. The Morgan fingerprint density at radius 3 is 2.25 bits per heavy atom. The summed E-state index contributed by atoms with van der Waals surface area (Å²) in [6.07, 6.45) is 2.88. The van der Waals surface area contributed by atoms with Crippen LogP contribution in [-0.2, 0) is 25.5 Å². The monoisotopic (exact) mass is 716 g/mol. The molecule has 9 nitrogen and oxygen atoms in total. The second kappa shape index (κ2) is 18.0. The van der Waals surface area contributed by atoms with Gasteiger partial charge in [-0.15, -0.1) is 11.3 Å². The van der Waals surface area contributed by atoms with Gasteiger partial charge in [-0.05, 0) is 62.7 Å². The topological polar surface area (TPSA) is 109 Å². The average molecular weight is 717 g/mol.